The maximum atomic E-state index is 13.1. The number of carbonyl (C=O) groups excluding carboxylic acids is 1. The SMILES string of the molecule is CCOC(Cc1ccc(OCCN(CCOCc2ccc(F)cc2)C(=O)Oc2cc(C)ccc2OC)cc1)C(=O)O. The van der Waals surface area contributed by atoms with Gasteiger partial charge in [0.25, 0.3) is 0 Å². The van der Waals surface area contributed by atoms with Gasteiger partial charge < -0.3 is 33.7 Å². The second-order valence-electron chi connectivity index (χ2n) is 9.17. The van der Waals surface area contributed by atoms with E-state index < -0.39 is 18.2 Å². The molecular weight excluding hydrogens is 533 g/mol. The largest absolute Gasteiger partial charge is 0.493 e. The predicted octanol–water partition coefficient (Wildman–Crippen LogP) is 5.27. The van der Waals surface area contributed by atoms with Crippen molar-refractivity contribution >= 4 is 12.1 Å². The summed E-state index contributed by atoms with van der Waals surface area (Å²) in [6.45, 7) is 5.04. The normalized spacial score (nSPS) is 11.5. The number of ether oxygens (including phenoxy) is 5. The number of rotatable bonds is 16. The van der Waals surface area contributed by atoms with Crippen LogP contribution in [0.1, 0.15) is 23.6 Å². The zero-order valence-electron chi connectivity index (χ0n) is 23.5. The molecule has 10 heteroatoms. The molecular formula is C31H36FNO8. The van der Waals surface area contributed by atoms with Crippen LogP contribution in [0.25, 0.3) is 0 Å². The molecule has 9 nitrogen and oxygen atoms in total. The average Bonchev–Trinajstić information content (AvgIpc) is 2.96. The van der Waals surface area contributed by atoms with Gasteiger partial charge in [0, 0.05) is 19.6 Å². The van der Waals surface area contributed by atoms with Crippen molar-refractivity contribution in [3.8, 4) is 17.2 Å². The minimum absolute atomic E-state index is 0.175. The molecule has 1 atom stereocenters. The monoisotopic (exact) mass is 569 g/mol. The molecule has 1 amide bonds. The molecule has 3 rings (SSSR count). The summed E-state index contributed by atoms with van der Waals surface area (Å²) in [5, 5.41) is 9.29. The zero-order chi connectivity index (χ0) is 29.6. The third-order valence-corrected chi connectivity index (χ3v) is 6.08. The molecule has 220 valence electrons. The second kappa shape index (κ2) is 16.2. The second-order valence-corrected chi connectivity index (χ2v) is 9.17. The van der Waals surface area contributed by atoms with Crippen LogP contribution < -0.4 is 14.2 Å². The van der Waals surface area contributed by atoms with Crippen molar-refractivity contribution in [3.05, 3.63) is 89.2 Å². The maximum Gasteiger partial charge on any atom is 0.415 e. The molecule has 0 fully saturated rings. The lowest BCUT2D eigenvalue weighted by Crippen LogP contribution is -2.39. The van der Waals surface area contributed by atoms with Crippen LogP contribution in [0.4, 0.5) is 9.18 Å². The molecule has 1 N–H and O–H groups in total. The first-order valence-electron chi connectivity index (χ1n) is 13.3. The Morgan fingerprint density at radius 2 is 1.61 bits per heavy atom. The Morgan fingerprint density at radius 1 is 0.927 bits per heavy atom. The Morgan fingerprint density at radius 3 is 2.27 bits per heavy atom. The van der Waals surface area contributed by atoms with Gasteiger partial charge in [0.15, 0.2) is 17.6 Å². The van der Waals surface area contributed by atoms with Crippen LogP contribution >= 0.6 is 0 Å². The summed E-state index contributed by atoms with van der Waals surface area (Å²) in [6, 6.07) is 18.4. The van der Waals surface area contributed by atoms with Crippen LogP contribution in [0.5, 0.6) is 17.2 Å². The van der Waals surface area contributed by atoms with E-state index in [0.717, 1.165) is 16.7 Å². The van der Waals surface area contributed by atoms with Gasteiger partial charge in [-0.15, -0.1) is 0 Å². The fraction of sp³-hybridized carbons (Fsp3) is 0.355. The fourth-order valence-electron chi connectivity index (χ4n) is 3.89. The van der Waals surface area contributed by atoms with E-state index >= 15 is 0 Å². The number of nitrogens with zero attached hydrogens (tertiary/aromatic N) is 1. The number of aliphatic carboxylic acids is 1. The third kappa shape index (κ3) is 10.4. The first-order valence-corrected chi connectivity index (χ1v) is 13.3. The Bertz CT molecular complexity index is 1250. The van der Waals surface area contributed by atoms with E-state index in [1.54, 1.807) is 55.5 Å². The number of carbonyl (C=O) groups is 2. The molecule has 0 saturated heterocycles. The highest BCUT2D eigenvalue weighted by molar-refractivity contribution is 5.73. The van der Waals surface area contributed by atoms with E-state index in [9.17, 15) is 19.1 Å². The highest BCUT2D eigenvalue weighted by Gasteiger charge is 2.20. The Labute approximate surface area is 239 Å². The van der Waals surface area contributed by atoms with Gasteiger partial charge in [0.1, 0.15) is 18.2 Å². The lowest BCUT2D eigenvalue weighted by Gasteiger charge is -2.23. The summed E-state index contributed by atoms with van der Waals surface area (Å²) in [5.41, 5.74) is 2.52. The molecule has 0 aliphatic rings. The van der Waals surface area contributed by atoms with E-state index in [1.165, 1.54) is 24.1 Å². The van der Waals surface area contributed by atoms with E-state index in [1.807, 2.05) is 13.0 Å². The Balaban J connectivity index is 1.59. The first-order chi connectivity index (χ1) is 19.8. The molecule has 3 aromatic rings. The molecule has 3 aromatic carbocycles. The smallest absolute Gasteiger partial charge is 0.415 e. The van der Waals surface area contributed by atoms with Gasteiger partial charge in [-0.25, -0.2) is 14.0 Å². The van der Waals surface area contributed by atoms with Crippen LogP contribution in [0, 0.1) is 12.7 Å². The quantitative estimate of drug-likeness (QED) is 0.233. The molecule has 0 aliphatic carbocycles. The summed E-state index contributed by atoms with van der Waals surface area (Å²) >= 11 is 0. The molecule has 0 saturated carbocycles. The molecule has 0 heterocycles. The number of amides is 1. The van der Waals surface area contributed by atoms with Gasteiger partial charge in [0.05, 0.1) is 26.9 Å². The topological polar surface area (TPSA) is 104 Å². The predicted molar refractivity (Wildman–Crippen MR) is 150 cm³/mol. The molecule has 0 radical (unpaired) electrons. The van der Waals surface area contributed by atoms with Gasteiger partial charge in [-0.1, -0.05) is 30.3 Å². The van der Waals surface area contributed by atoms with Crippen molar-refractivity contribution in [2.75, 3.05) is 40.0 Å². The van der Waals surface area contributed by atoms with Gasteiger partial charge in [0.2, 0.25) is 0 Å². The van der Waals surface area contributed by atoms with Gasteiger partial charge >= 0.3 is 12.1 Å². The summed E-state index contributed by atoms with van der Waals surface area (Å²) in [6.07, 6.45) is -1.26. The number of hydrogen-bond acceptors (Lipinski definition) is 7. The van der Waals surface area contributed by atoms with Crippen LogP contribution in [0.15, 0.2) is 66.7 Å². The number of carboxylic acid groups (broad SMARTS) is 1. The van der Waals surface area contributed by atoms with Crippen molar-refractivity contribution in [1.82, 2.24) is 4.90 Å². The van der Waals surface area contributed by atoms with Crippen LogP contribution in [0.3, 0.4) is 0 Å². The number of methoxy groups -OCH3 is 1. The Kier molecular flexibility index (Phi) is 12.4. The maximum absolute atomic E-state index is 13.1. The number of halogens is 1. The van der Waals surface area contributed by atoms with Gasteiger partial charge in [-0.3, -0.25) is 0 Å². The van der Waals surface area contributed by atoms with Crippen LogP contribution in [-0.2, 0) is 27.3 Å². The van der Waals surface area contributed by atoms with E-state index in [2.05, 4.69) is 0 Å². The minimum atomic E-state index is -1.01. The Hall–Kier alpha value is -4.15. The van der Waals surface area contributed by atoms with Gasteiger partial charge in [-0.2, -0.15) is 0 Å². The highest BCUT2D eigenvalue weighted by Crippen LogP contribution is 2.28. The van der Waals surface area contributed by atoms with E-state index in [0.29, 0.717) is 23.9 Å². The molecule has 0 spiro atoms. The number of carboxylic acids is 1. The molecule has 0 aromatic heterocycles. The summed E-state index contributed by atoms with van der Waals surface area (Å²) < 4.78 is 41.0. The first kappa shape index (κ1) is 31.4. The molecule has 0 aliphatic heterocycles. The minimum Gasteiger partial charge on any atom is -0.493 e. The molecule has 0 bridgehead atoms. The lowest BCUT2D eigenvalue weighted by atomic mass is 10.1. The number of benzene rings is 3. The summed E-state index contributed by atoms with van der Waals surface area (Å²) in [7, 11) is 1.50. The fourth-order valence-corrected chi connectivity index (χ4v) is 3.89. The van der Waals surface area contributed by atoms with Crippen molar-refractivity contribution < 1.29 is 42.8 Å². The summed E-state index contributed by atoms with van der Waals surface area (Å²) in [5.74, 6) is -0.0265. The number of aryl methyl sites for hydroxylation is 1. The van der Waals surface area contributed by atoms with Crippen molar-refractivity contribution in [2.24, 2.45) is 0 Å². The third-order valence-electron chi connectivity index (χ3n) is 6.08. The van der Waals surface area contributed by atoms with E-state index in [4.69, 9.17) is 23.7 Å². The molecule has 41 heavy (non-hydrogen) atoms. The zero-order valence-corrected chi connectivity index (χ0v) is 23.5. The number of hydrogen-bond donors (Lipinski definition) is 1. The van der Waals surface area contributed by atoms with Gasteiger partial charge in [-0.05, 0) is 66.9 Å². The van der Waals surface area contributed by atoms with Crippen LogP contribution in [-0.4, -0.2) is 68.2 Å². The van der Waals surface area contributed by atoms with E-state index in [-0.39, 0.29) is 45.1 Å². The highest BCUT2D eigenvalue weighted by atomic mass is 19.1. The van der Waals surface area contributed by atoms with Crippen molar-refractivity contribution in [3.63, 3.8) is 0 Å². The molecule has 1 unspecified atom stereocenters. The lowest BCUT2D eigenvalue weighted by molar-refractivity contribution is -0.149. The average molecular weight is 570 g/mol. The van der Waals surface area contributed by atoms with Crippen molar-refractivity contribution in [2.45, 2.75) is 33.0 Å². The summed E-state index contributed by atoms with van der Waals surface area (Å²) in [4.78, 5) is 25.9. The standard InChI is InChI=1S/C31H36FNO8/c1-4-39-29(30(34)35)20-23-8-12-26(13-9-23)40-18-16-33(15-17-38-21-24-6-10-25(32)11-7-24)31(36)41-28-19-22(2)5-14-27(28)37-3/h5-14,19,29H,4,15-18,20-21H2,1-3H3,(H,34,35). The van der Waals surface area contributed by atoms with Crippen LogP contribution in [0.2, 0.25) is 0 Å². The van der Waals surface area contributed by atoms with Crippen molar-refractivity contribution in [1.29, 1.82) is 0 Å².